The van der Waals surface area contributed by atoms with Gasteiger partial charge in [0.2, 0.25) is 0 Å². The molecule has 3 heteroatoms. The van der Waals surface area contributed by atoms with Crippen LogP contribution in [0.2, 0.25) is 0 Å². The molecule has 0 bridgehead atoms. The van der Waals surface area contributed by atoms with Crippen LogP contribution in [0, 0.1) is 0 Å². The van der Waals surface area contributed by atoms with Crippen LogP contribution in [0.4, 0.5) is 4.79 Å². The minimum atomic E-state index is -0.910. The van der Waals surface area contributed by atoms with Gasteiger partial charge < -0.3 is 10.4 Å². The maximum atomic E-state index is 10.3. The van der Waals surface area contributed by atoms with Crippen LogP contribution >= 0.6 is 0 Å². The van der Waals surface area contributed by atoms with E-state index >= 15 is 0 Å². The lowest BCUT2D eigenvalue weighted by Gasteiger charge is -2.02. The zero-order chi connectivity index (χ0) is 17.7. The highest BCUT2D eigenvalue weighted by Gasteiger charge is 1.94. The number of carbonyl (C=O) groups is 1. The van der Waals surface area contributed by atoms with Gasteiger partial charge in [-0.25, -0.2) is 4.79 Å². The molecular formula is C21H39NO2. The zero-order valence-electron chi connectivity index (χ0n) is 15.8. The van der Waals surface area contributed by atoms with Gasteiger partial charge in [0.1, 0.15) is 0 Å². The Morgan fingerprint density at radius 3 is 1.79 bits per heavy atom. The fraction of sp³-hybridized carbons (Fsp3) is 0.762. The second-order valence-electron chi connectivity index (χ2n) is 6.52. The number of allylic oxidation sites excluding steroid dienone is 4. The molecule has 1 amide bonds. The van der Waals surface area contributed by atoms with Crippen LogP contribution in [0.25, 0.3) is 0 Å². The van der Waals surface area contributed by atoms with Gasteiger partial charge in [0.15, 0.2) is 0 Å². The maximum absolute atomic E-state index is 10.3. The van der Waals surface area contributed by atoms with E-state index in [4.69, 9.17) is 5.11 Å². The van der Waals surface area contributed by atoms with Gasteiger partial charge in [-0.05, 0) is 38.5 Å². The van der Waals surface area contributed by atoms with Gasteiger partial charge in [0, 0.05) is 6.54 Å². The molecule has 0 aromatic heterocycles. The van der Waals surface area contributed by atoms with Crippen LogP contribution in [0.15, 0.2) is 24.3 Å². The second-order valence-corrected chi connectivity index (χ2v) is 6.52. The lowest BCUT2D eigenvalue weighted by Crippen LogP contribution is -2.21. The predicted octanol–water partition coefficient (Wildman–Crippen LogP) is 6.85. The van der Waals surface area contributed by atoms with E-state index in [1.54, 1.807) is 0 Å². The number of amides is 1. The average molecular weight is 338 g/mol. The monoisotopic (exact) mass is 337 g/mol. The van der Waals surface area contributed by atoms with Crippen molar-refractivity contribution in [3.63, 3.8) is 0 Å². The second kappa shape index (κ2) is 19.8. The first-order valence-electron chi connectivity index (χ1n) is 10.0. The molecule has 0 aliphatic rings. The molecule has 24 heavy (non-hydrogen) atoms. The van der Waals surface area contributed by atoms with Crippen LogP contribution in [0.5, 0.6) is 0 Å². The van der Waals surface area contributed by atoms with Gasteiger partial charge >= 0.3 is 6.09 Å². The maximum Gasteiger partial charge on any atom is 0.404 e. The summed E-state index contributed by atoms with van der Waals surface area (Å²) in [5, 5.41) is 10.8. The zero-order valence-corrected chi connectivity index (χ0v) is 15.8. The summed E-state index contributed by atoms with van der Waals surface area (Å²) in [5.74, 6) is 0. The standard InChI is InChI=1S/C21H39NO2/c1-2-3-4-5-6-7-8-9-10-11-12-13-14-15-16-17-18-19-20-22-21(23)24/h6-7,9-10,22H,2-5,8,11-20H2,1H3,(H,23,24). The predicted molar refractivity (Wildman–Crippen MR) is 105 cm³/mol. The van der Waals surface area contributed by atoms with E-state index in [1.807, 2.05) is 0 Å². The summed E-state index contributed by atoms with van der Waals surface area (Å²) in [6, 6.07) is 0. The van der Waals surface area contributed by atoms with Gasteiger partial charge in [0.05, 0.1) is 0 Å². The average Bonchev–Trinajstić information content (AvgIpc) is 2.56. The molecule has 0 fully saturated rings. The first kappa shape index (κ1) is 22.8. The molecule has 0 saturated heterocycles. The van der Waals surface area contributed by atoms with Gasteiger partial charge in [-0.2, -0.15) is 0 Å². The summed E-state index contributed by atoms with van der Waals surface area (Å²) in [5.41, 5.74) is 0. The molecule has 0 aromatic rings. The SMILES string of the molecule is CCCCCC=CCC=CCCCCCCCCCCNC(=O)O. The van der Waals surface area contributed by atoms with E-state index in [2.05, 4.69) is 36.5 Å². The molecule has 0 heterocycles. The number of unbranched alkanes of at least 4 members (excludes halogenated alkanes) is 11. The first-order valence-corrected chi connectivity index (χ1v) is 10.0. The summed E-state index contributed by atoms with van der Waals surface area (Å²) in [4.78, 5) is 10.3. The molecule has 2 N–H and O–H groups in total. The van der Waals surface area contributed by atoms with Gasteiger partial charge in [-0.3, -0.25) is 0 Å². The van der Waals surface area contributed by atoms with Crippen LogP contribution in [0.1, 0.15) is 96.8 Å². The van der Waals surface area contributed by atoms with Crippen molar-refractivity contribution in [3.8, 4) is 0 Å². The lowest BCUT2D eigenvalue weighted by molar-refractivity contribution is 0.194. The smallest absolute Gasteiger partial charge is 0.404 e. The molecule has 0 aliphatic heterocycles. The number of nitrogens with one attached hydrogen (secondary N) is 1. The van der Waals surface area contributed by atoms with E-state index in [1.165, 1.54) is 70.6 Å². The number of carboxylic acid groups (broad SMARTS) is 1. The highest BCUT2D eigenvalue weighted by Crippen LogP contribution is 2.10. The van der Waals surface area contributed by atoms with Crippen molar-refractivity contribution in [1.82, 2.24) is 5.32 Å². The van der Waals surface area contributed by atoms with Crippen molar-refractivity contribution < 1.29 is 9.90 Å². The Bertz CT molecular complexity index is 324. The molecule has 0 radical (unpaired) electrons. The molecule has 0 saturated carbocycles. The molecule has 0 rings (SSSR count). The van der Waals surface area contributed by atoms with Crippen molar-refractivity contribution in [2.75, 3.05) is 6.54 Å². The van der Waals surface area contributed by atoms with Crippen molar-refractivity contribution in [2.24, 2.45) is 0 Å². The third kappa shape index (κ3) is 20.8. The highest BCUT2D eigenvalue weighted by molar-refractivity contribution is 5.64. The molecule has 3 nitrogen and oxygen atoms in total. The normalized spacial score (nSPS) is 11.5. The topological polar surface area (TPSA) is 49.3 Å². The van der Waals surface area contributed by atoms with Gasteiger partial charge in [0.25, 0.3) is 0 Å². The van der Waals surface area contributed by atoms with Crippen LogP contribution in [-0.2, 0) is 0 Å². The Kier molecular flexibility index (Phi) is 18.8. The van der Waals surface area contributed by atoms with Gasteiger partial charge in [-0.1, -0.05) is 82.6 Å². The number of hydrogen-bond donors (Lipinski definition) is 2. The summed E-state index contributed by atoms with van der Waals surface area (Å²) < 4.78 is 0. The van der Waals surface area contributed by atoms with E-state index in [-0.39, 0.29) is 0 Å². The van der Waals surface area contributed by atoms with E-state index < -0.39 is 6.09 Å². The van der Waals surface area contributed by atoms with Gasteiger partial charge in [-0.15, -0.1) is 0 Å². The minimum Gasteiger partial charge on any atom is -0.465 e. The fourth-order valence-corrected chi connectivity index (χ4v) is 2.66. The van der Waals surface area contributed by atoms with Crippen LogP contribution in [0.3, 0.4) is 0 Å². The summed E-state index contributed by atoms with van der Waals surface area (Å²) >= 11 is 0. The lowest BCUT2D eigenvalue weighted by atomic mass is 10.1. The summed E-state index contributed by atoms with van der Waals surface area (Å²) in [6.07, 6.45) is 25.7. The van der Waals surface area contributed by atoms with Crippen molar-refractivity contribution in [2.45, 2.75) is 96.8 Å². The molecule has 0 atom stereocenters. The van der Waals surface area contributed by atoms with E-state index in [0.717, 1.165) is 19.3 Å². The molecule has 140 valence electrons. The van der Waals surface area contributed by atoms with Crippen molar-refractivity contribution in [3.05, 3.63) is 24.3 Å². The third-order valence-electron chi connectivity index (χ3n) is 4.15. The Morgan fingerprint density at radius 2 is 1.25 bits per heavy atom. The van der Waals surface area contributed by atoms with Crippen molar-refractivity contribution in [1.29, 1.82) is 0 Å². The number of hydrogen-bond acceptors (Lipinski definition) is 1. The molecular weight excluding hydrogens is 298 g/mol. The summed E-state index contributed by atoms with van der Waals surface area (Å²) in [7, 11) is 0. The first-order chi connectivity index (χ1) is 11.8. The Balaban J connectivity index is 3.14. The molecule has 0 aliphatic carbocycles. The van der Waals surface area contributed by atoms with E-state index in [9.17, 15) is 4.79 Å². The van der Waals surface area contributed by atoms with Crippen LogP contribution < -0.4 is 5.32 Å². The van der Waals surface area contributed by atoms with E-state index in [0.29, 0.717) is 6.54 Å². The minimum absolute atomic E-state index is 0.593. The van der Waals surface area contributed by atoms with Crippen molar-refractivity contribution >= 4 is 6.09 Å². The Labute approximate surface area is 149 Å². The van der Waals surface area contributed by atoms with Crippen LogP contribution in [-0.4, -0.2) is 17.7 Å². The quantitative estimate of drug-likeness (QED) is 0.225. The number of rotatable bonds is 17. The molecule has 0 spiro atoms. The largest absolute Gasteiger partial charge is 0.465 e. The third-order valence-corrected chi connectivity index (χ3v) is 4.15. The Hall–Kier alpha value is -1.25. The molecule has 0 aromatic carbocycles. The summed E-state index contributed by atoms with van der Waals surface area (Å²) in [6.45, 7) is 2.84. The highest BCUT2D eigenvalue weighted by atomic mass is 16.4. The molecule has 0 unspecified atom stereocenters. The Morgan fingerprint density at radius 1 is 0.750 bits per heavy atom. The fourth-order valence-electron chi connectivity index (χ4n) is 2.66.